The van der Waals surface area contributed by atoms with Crippen molar-refractivity contribution in [2.24, 2.45) is 26.9 Å². The van der Waals surface area contributed by atoms with E-state index in [0.29, 0.717) is 37.7 Å². The van der Waals surface area contributed by atoms with Gasteiger partial charge in [0.25, 0.3) is 0 Å². The highest BCUT2D eigenvalue weighted by atomic mass is 32.2. The summed E-state index contributed by atoms with van der Waals surface area (Å²) in [6.45, 7) is 3.20. The smallest absolute Gasteiger partial charge is 0.493 e. The Hall–Kier alpha value is -4.71. The zero-order valence-corrected chi connectivity index (χ0v) is 27.6. The molecule has 0 amide bonds. The van der Waals surface area contributed by atoms with Gasteiger partial charge in [-0.1, -0.05) is 24.2 Å². The van der Waals surface area contributed by atoms with Crippen LogP contribution in [0.1, 0.15) is 39.0 Å². The van der Waals surface area contributed by atoms with Crippen LogP contribution in [0.3, 0.4) is 0 Å². The first-order valence-electron chi connectivity index (χ1n) is 15.0. The summed E-state index contributed by atoms with van der Waals surface area (Å²) in [6, 6.07) is 6.89. The third-order valence-electron chi connectivity index (χ3n) is 7.03. The van der Waals surface area contributed by atoms with Crippen molar-refractivity contribution in [3.8, 4) is 23.0 Å². The lowest BCUT2D eigenvalue weighted by Crippen LogP contribution is -2.39. The molecular formula is C30H37F3N6O8S. The molecule has 0 aliphatic rings. The number of halogens is 3. The standard InChI is InChI=1S/C30H37F3N6O8S/c1-5-11-44-20-13-21(45-12-9-7-6-8-10-34)15-22(14-20)46-26-17-24-23(37(3)29(41)38(24)4)16-25(26)39(47-28(40)30(31,32)33)48(42,43)27-18-36(2)19-35-27/h13-19H,5-12,34H2,1-4H3. The zero-order valence-electron chi connectivity index (χ0n) is 26.8. The van der Waals surface area contributed by atoms with Gasteiger partial charge in [0.15, 0.2) is 10.8 Å². The first-order chi connectivity index (χ1) is 22.7. The van der Waals surface area contributed by atoms with E-state index < -0.39 is 44.3 Å². The van der Waals surface area contributed by atoms with Crippen molar-refractivity contribution >= 4 is 32.7 Å². The quantitative estimate of drug-likeness (QED) is 0.132. The summed E-state index contributed by atoms with van der Waals surface area (Å²) in [6.07, 6.45) is 0.670. The zero-order chi connectivity index (χ0) is 35.2. The molecule has 2 heterocycles. The molecule has 0 atom stereocenters. The Morgan fingerprint density at radius 1 is 0.917 bits per heavy atom. The lowest BCUT2D eigenvalue weighted by Gasteiger charge is -2.24. The third-order valence-corrected chi connectivity index (χ3v) is 8.48. The van der Waals surface area contributed by atoms with E-state index in [1.54, 1.807) is 6.07 Å². The highest BCUT2D eigenvalue weighted by molar-refractivity contribution is 7.92. The Morgan fingerprint density at radius 3 is 2.10 bits per heavy atom. The van der Waals surface area contributed by atoms with E-state index >= 15 is 0 Å². The Morgan fingerprint density at radius 2 is 1.52 bits per heavy atom. The molecular weight excluding hydrogens is 661 g/mol. The lowest BCUT2D eigenvalue weighted by molar-refractivity contribution is -0.199. The maximum absolute atomic E-state index is 13.8. The van der Waals surface area contributed by atoms with Crippen LogP contribution in [0.4, 0.5) is 18.9 Å². The highest BCUT2D eigenvalue weighted by Crippen LogP contribution is 2.41. The Kier molecular flexibility index (Phi) is 11.3. The van der Waals surface area contributed by atoms with Crippen LogP contribution in [0.15, 0.2) is 52.7 Å². The van der Waals surface area contributed by atoms with Crippen molar-refractivity contribution < 1.29 is 45.4 Å². The second kappa shape index (κ2) is 15.0. The van der Waals surface area contributed by atoms with E-state index in [1.165, 1.54) is 48.5 Å². The van der Waals surface area contributed by atoms with Gasteiger partial charge in [-0.2, -0.15) is 21.6 Å². The van der Waals surface area contributed by atoms with Crippen molar-refractivity contribution in [3.05, 3.63) is 53.3 Å². The molecule has 0 radical (unpaired) electrons. The number of alkyl halides is 3. The molecule has 262 valence electrons. The minimum absolute atomic E-state index is 0.0422. The molecule has 18 heteroatoms. The number of carbonyl (C=O) groups is 1. The number of hydrogen-bond donors (Lipinski definition) is 1. The number of rotatable bonds is 16. The average Bonchev–Trinajstić information content (AvgIpc) is 3.57. The van der Waals surface area contributed by atoms with Gasteiger partial charge in [-0.15, -0.1) is 0 Å². The summed E-state index contributed by atoms with van der Waals surface area (Å²) in [5.41, 5.74) is 4.68. The largest absolute Gasteiger partial charge is 0.493 e. The molecule has 2 N–H and O–H groups in total. The molecule has 0 unspecified atom stereocenters. The molecule has 0 bridgehead atoms. The summed E-state index contributed by atoms with van der Waals surface area (Å²) in [7, 11) is -0.854. The van der Waals surface area contributed by atoms with Crippen LogP contribution in [-0.2, 0) is 40.8 Å². The average molecular weight is 699 g/mol. The number of nitrogens with two attached hydrogens (primary N) is 1. The van der Waals surface area contributed by atoms with Crippen molar-refractivity contribution in [3.63, 3.8) is 0 Å². The van der Waals surface area contributed by atoms with Gasteiger partial charge < -0.3 is 29.3 Å². The molecule has 4 rings (SSSR count). The van der Waals surface area contributed by atoms with Gasteiger partial charge in [0.05, 0.1) is 30.6 Å². The van der Waals surface area contributed by atoms with Gasteiger partial charge in [-0.25, -0.2) is 14.6 Å². The first kappa shape index (κ1) is 36.1. The summed E-state index contributed by atoms with van der Waals surface area (Å²) >= 11 is 0. The summed E-state index contributed by atoms with van der Waals surface area (Å²) < 4.78 is 89.2. The Balaban J connectivity index is 1.87. The maximum atomic E-state index is 13.8. The molecule has 2 aromatic heterocycles. The topological polar surface area (TPSA) is 162 Å². The van der Waals surface area contributed by atoms with Crippen molar-refractivity contribution in [2.45, 2.75) is 50.2 Å². The van der Waals surface area contributed by atoms with Gasteiger partial charge >= 0.3 is 27.9 Å². The second-order valence-electron chi connectivity index (χ2n) is 10.8. The number of fused-ring (bicyclic) bond motifs is 1. The van der Waals surface area contributed by atoms with Crippen molar-refractivity contribution in [1.29, 1.82) is 0 Å². The fourth-order valence-corrected chi connectivity index (χ4v) is 5.83. The predicted molar refractivity (Wildman–Crippen MR) is 168 cm³/mol. The molecule has 0 saturated carbocycles. The molecule has 0 aliphatic heterocycles. The van der Waals surface area contributed by atoms with E-state index in [2.05, 4.69) is 9.82 Å². The van der Waals surface area contributed by atoms with Crippen LogP contribution in [0.25, 0.3) is 11.0 Å². The van der Waals surface area contributed by atoms with Crippen LogP contribution < -0.4 is 30.1 Å². The molecule has 4 aromatic rings. The van der Waals surface area contributed by atoms with Crippen molar-refractivity contribution in [1.82, 2.24) is 18.7 Å². The Bertz CT molecular complexity index is 1920. The minimum Gasteiger partial charge on any atom is -0.493 e. The highest BCUT2D eigenvalue weighted by Gasteiger charge is 2.46. The SMILES string of the molecule is CCCOc1cc(OCCCCCCN)cc(Oc2cc3c(cc2N(OC(=O)C(F)(F)F)S(=O)(=O)c2cn(C)cn2)n(C)c(=O)n3C)c1. The predicted octanol–water partition coefficient (Wildman–Crippen LogP) is 4.31. The number of ether oxygens (including phenoxy) is 3. The molecule has 0 aliphatic carbocycles. The fraction of sp³-hybridized carbons (Fsp3) is 0.433. The van der Waals surface area contributed by atoms with Crippen molar-refractivity contribution in [2.75, 3.05) is 24.2 Å². The van der Waals surface area contributed by atoms with Gasteiger partial charge in [0.1, 0.15) is 22.9 Å². The summed E-state index contributed by atoms with van der Waals surface area (Å²) in [5.74, 6) is -2.50. The van der Waals surface area contributed by atoms with Gasteiger partial charge in [-0.05, 0) is 31.9 Å². The number of imidazole rings is 2. The van der Waals surface area contributed by atoms with Crippen LogP contribution in [0.2, 0.25) is 0 Å². The lowest BCUT2D eigenvalue weighted by atomic mass is 10.2. The molecule has 14 nitrogen and oxygen atoms in total. The number of aromatic nitrogens is 4. The number of aryl methyl sites for hydroxylation is 3. The van der Waals surface area contributed by atoms with Crippen LogP contribution in [0.5, 0.6) is 23.0 Å². The van der Waals surface area contributed by atoms with E-state index in [4.69, 9.17) is 19.9 Å². The van der Waals surface area contributed by atoms with E-state index in [9.17, 15) is 31.2 Å². The normalized spacial score (nSPS) is 11.9. The van der Waals surface area contributed by atoms with Gasteiger partial charge in [0.2, 0.25) is 0 Å². The minimum atomic E-state index is -5.58. The fourth-order valence-electron chi connectivity index (χ4n) is 4.61. The van der Waals surface area contributed by atoms with E-state index in [1.807, 2.05) is 6.92 Å². The Labute approximate surface area is 274 Å². The molecule has 48 heavy (non-hydrogen) atoms. The summed E-state index contributed by atoms with van der Waals surface area (Å²) in [4.78, 5) is 33.2. The van der Waals surface area contributed by atoms with E-state index in [0.717, 1.165) is 48.8 Å². The first-order valence-corrected chi connectivity index (χ1v) is 16.4. The van der Waals surface area contributed by atoms with E-state index in [-0.39, 0.29) is 21.3 Å². The monoisotopic (exact) mass is 698 g/mol. The van der Waals surface area contributed by atoms with Crippen LogP contribution in [0, 0.1) is 0 Å². The molecule has 0 spiro atoms. The van der Waals surface area contributed by atoms with Crippen LogP contribution in [-0.4, -0.2) is 59.0 Å². The third kappa shape index (κ3) is 8.22. The second-order valence-corrected chi connectivity index (χ2v) is 12.5. The number of nitrogens with zero attached hydrogens (tertiary/aromatic N) is 5. The summed E-state index contributed by atoms with van der Waals surface area (Å²) in [5, 5.41) is -0.731. The van der Waals surface area contributed by atoms with Gasteiger partial charge in [-0.3, -0.25) is 9.13 Å². The molecule has 2 aromatic carbocycles. The number of sulfonamides is 1. The maximum Gasteiger partial charge on any atom is 0.493 e. The number of anilines is 1. The number of benzene rings is 2. The molecule has 0 fully saturated rings. The number of carbonyl (C=O) groups excluding carboxylic acids is 1. The number of hydrogen-bond acceptors (Lipinski definition) is 10. The molecule has 0 saturated heterocycles. The van der Waals surface area contributed by atoms with Crippen LogP contribution >= 0.6 is 0 Å². The van der Waals surface area contributed by atoms with Gasteiger partial charge in [0, 0.05) is 51.6 Å². The number of unbranched alkanes of at least 4 members (excludes halogenated alkanes) is 3.